The zero-order chi connectivity index (χ0) is 11.8. The number of carbonyl (C=O) groups is 1. The lowest BCUT2D eigenvalue weighted by atomic mass is 10.2. The Morgan fingerprint density at radius 3 is 2.62 bits per heavy atom. The van der Waals surface area contributed by atoms with Crippen LogP contribution in [0, 0.1) is 0 Å². The fourth-order valence-electron chi connectivity index (χ4n) is 1.17. The first-order valence-corrected chi connectivity index (χ1v) is 5.03. The van der Waals surface area contributed by atoms with Crippen LogP contribution in [0.3, 0.4) is 0 Å². The maximum atomic E-state index is 10.5. The van der Waals surface area contributed by atoms with Gasteiger partial charge in [-0.2, -0.15) is 0 Å². The van der Waals surface area contributed by atoms with Gasteiger partial charge in [-0.05, 0) is 18.6 Å². The second-order valence-corrected chi connectivity index (χ2v) is 3.06. The van der Waals surface area contributed by atoms with Crippen LogP contribution >= 0.6 is 0 Å². The molecule has 0 spiro atoms. The lowest BCUT2D eigenvalue weighted by molar-refractivity contribution is -0.131. The highest BCUT2D eigenvalue weighted by molar-refractivity contribution is 5.81. The molecule has 0 fully saturated rings. The largest absolute Gasteiger partial charge is 0.494 e. The molecule has 1 N–H and O–H groups in total. The van der Waals surface area contributed by atoms with Crippen LogP contribution in [0.4, 0.5) is 0 Å². The molecule has 0 aliphatic carbocycles. The molecule has 16 heavy (non-hydrogen) atoms. The van der Waals surface area contributed by atoms with Crippen LogP contribution in [0.2, 0.25) is 0 Å². The molecule has 1 aromatic rings. The van der Waals surface area contributed by atoms with Gasteiger partial charge in [0.05, 0.1) is 12.7 Å². The zero-order valence-corrected chi connectivity index (χ0v) is 9.09. The molecule has 3 nitrogen and oxygen atoms in total. The van der Waals surface area contributed by atoms with Crippen LogP contribution in [0.5, 0.6) is 0 Å². The van der Waals surface area contributed by atoms with Crippen LogP contribution in [-0.4, -0.2) is 17.7 Å². The van der Waals surface area contributed by atoms with Gasteiger partial charge in [0, 0.05) is 0 Å². The number of allylic oxidation sites excluding steroid dienone is 1. The molecule has 0 atom stereocenters. The van der Waals surface area contributed by atoms with Crippen LogP contribution in [-0.2, 0) is 9.53 Å². The minimum absolute atomic E-state index is 0.346. The van der Waals surface area contributed by atoms with Gasteiger partial charge >= 0.3 is 5.97 Å². The van der Waals surface area contributed by atoms with E-state index in [-0.39, 0.29) is 0 Å². The third-order valence-electron chi connectivity index (χ3n) is 1.82. The van der Waals surface area contributed by atoms with Crippen LogP contribution in [0.25, 0.3) is 6.08 Å². The predicted molar refractivity (Wildman–Crippen MR) is 62.8 cm³/mol. The standard InChI is InChI=1S/C13H14O3/c1-2-16-12(10-13(14)15)9-8-11-6-4-3-5-7-11/h3-10H,2H2,1H3,(H,14,15)/b9-8+,12-10-. The van der Waals surface area contributed by atoms with Gasteiger partial charge in [-0.15, -0.1) is 0 Å². The third-order valence-corrected chi connectivity index (χ3v) is 1.82. The molecule has 0 unspecified atom stereocenters. The second-order valence-electron chi connectivity index (χ2n) is 3.06. The van der Waals surface area contributed by atoms with Crippen molar-refractivity contribution in [2.75, 3.05) is 6.61 Å². The molecule has 0 amide bonds. The lowest BCUT2D eigenvalue weighted by Gasteiger charge is -2.01. The van der Waals surface area contributed by atoms with Gasteiger partial charge < -0.3 is 9.84 Å². The summed E-state index contributed by atoms with van der Waals surface area (Å²) in [6.45, 7) is 2.25. The Morgan fingerprint density at radius 1 is 1.38 bits per heavy atom. The molecular weight excluding hydrogens is 204 g/mol. The molecule has 0 saturated carbocycles. The van der Waals surface area contributed by atoms with Gasteiger partial charge in [0.15, 0.2) is 0 Å². The molecule has 0 heterocycles. The van der Waals surface area contributed by atoms with Crippen molar-refractivity contribution in [1.82, 2.24) is 0 Å². The number of ether oxygens (including phenoxy) is 1. The number of hydrogen-bond donors (Lipinski definition) is 1. The number of rotatable bonds is 5. The van der Waals surface area contributed by atoms with E-state index in [1.807, 2.05) is 43.3 Å². The summed E-state index contributed by atoms with van der Waals surface area (Å²) in [7, 11) is 0. The summed E-state index contributed by atoms with van der Waals surface area (Å²) in [6.07, 6.45) is 4.50. The van der Waals surface area contributed by atoms with Crippen LogP contribution in [0.15, 0.2) is 48.2 Å². The van der Waals surface area contributed by atoms with E-state index in [1.165, 1.54) is 0 Å². The average molecular weight is 218 g/mol. The first kappa shape index (κ1) is 12.0. The zero-order valence-electron chi connectivity index (χ0n) is 9.09. The molecule has 0 radical (unpaired) electrons. The number of carboxylic acids is 1. The average Bonchev–Trinajstić information content (AvgIpc) is 2.27. The Kier molecular flexibility index (Phi) is 4.86. The molecule has 1 rings (SSSR count). The van der Waals surface area contributed by atoms with E-state index < -0.39 is 5.97 Å². The summed E-state index contributed by atoms with van der Waals surface area (Å²) in [4.78, 5) is 10.5. The SMILES string of the molecule is CCOC(=C\C(=O)O)/C=C/c1ccccc1. The molecule has 0 aromatic heterocycles. The number of carboxylic acid groups (broad SMARTS) is 1. The Balaban J connectivity index is 2.76. The highest BCUT2D eigenvalue weighted by Gasteiger charge is 1.96. The van der Waals surface area contributed by atoms with E-state index in [2.05, 4.69) is 0 Å². The summed E-state index contributed by atoms with van der Waals surface area (Å²) in [5.41, 5.74) is 0.999. The molecule has 84 valence electrons. The molecule has 0 aliphatic rings. The van der Waals surface area contributed by atoms with Gasteiger partial charge in [0.25, 0.3) is 0 Å². The Hall–Kier alpha value is -2.03. The van der Waals surface area contributed by atoms with Gasteiger partial charge in [0.2, 0.25) is 0 Å². The monoisotopic (exact) mass is 218 g/mol. The summed E-state index contributed by atoms with van der Waals surface area (Å²) >= 11 is 0. The normalized spacial score (nSPS) is 11.7. The summed E-state index contributed by atoms with van der Waals surface area (Å²) < 4.78 is 5.17. The molecule has 3 heteroatoms. The fraction of sp³-hybridized carbons (Fsp3) is 0.154. The number of benzene rings is 1. The minimum Gasteiger partial charge on any atom is -0.494 e. The van der Waals surface area contributed by atoms with Crippen molar-refractivity contribution in [3.8, 4) is 0 Å². The maximum Gasteiger partial charge on any atom is 0.332 e. The van der Waals surface area contributed by atoms with Crippen molar-refractivity contribution in [2.45, 2.75) is 6.92 Å². The van der Waals surface area contributed by atoms with Crippen molar-refractivity contribution in [3.05, 3.63) is 53.8 Å². The van der Waals surface area contributed by atoms with Gasteiger partial charge in [-0.3, -0.25) is 0 Å². The van der Waals surface area contributed by atoms with E-state index in [9.17, 15) is 4.79 Å². The predicted octanol–water partition coefficient (Wildman–Crippen LogP) is 2.70. The Labute approximate surface area is 94.7 Å². The van der Waals surface area contributed by atoms with Crippen molar-refractivity contribution < 1.29 is 14.6 Å². The maximum absolute atomic E-state index is 10.5. The van der Waals surface area contributed by atoms with Crippen LogP contribution in [0.1, 0.15) is 12.5 Å². The third kappa shape index (κ3) is 4.46. The van der Waals surface area contributed by atoms with Gasteiger partial charge in [-0.1, -0.05) is 36.4 Å². The second kappa shape index (κ2) is 6.45. The highest BCUT2D eigenvalue weighted by Crippen LogP contribution is 2.06. The first-order chi connectivity index (χ1) is 7.72. The highest BCUT2D eigenvalue weighted by atomic mass is 16.5. The Bertz CT molecular complexity index is 391. The lowest BCUT2D eigenvalue weighted by Crippen LogP contribution is -1.94. The van der Waals surface area contributed by atoms with E-state index in [1.54, 1.807) is 6.08 Å². The van der Waals surface area contributed by atoms with Crippen molar-refractivity contribution in [3.63, 3.8) is 0 Å². The van der Waals surface area contributed by atoms with Crippen molar-refractivity contribution in [2.24, 2.45) is 0 Å². The first-order valence-electron chi connectivity index (χ1n) is 5.03. The van der Waals surface area contributed by atoms with E-state index in [4.69, 9.17) is 9.84 Å². The summed E-state index contributed by atoms with van der Waals surface area (Å²) in [5, 5.41) is 8.62. The number of hydrogen-bond acceptors (Lipinski definition) is 2. The molecule has 1 aromatic carbocycles. The van der Waals surface area contributed by atoms with Crippen molar-refractivity contribution in [1.29, 1.82) is 0 Å². The quantitative estimate of drug-likeness (QED) is 0.469. The van der Waals surface area contributed by atoms with E-state index in [0.29, 0.717) is 12.4 Å². The molecular formula is C13H14O3. The van der Waals surface area contributed by atoms with E-state index in [0.717, 1.165) is 11.6 Å². The molecule has 0 bridgehead atoms. The van der Waals surface area contributed by atoms with E-state index >= 15 is 0 Å². The van der Waals surface area contributed by atoms with Crippen molar-refractivity contribution >= 4 is 12.0 Å². The summed E-state index contributed by atoms with van der Waals surface area (Å²) in [5.74, 6) is -0.667. The Morgan fingerprint density at radius 2 is 2.06 bits per heavy atom. The topological polar surface area (TPSA) is 46.5 Å². The van der Waals surface area contributed by atoms with Crippen LogP contribution < -0.4 is 0 Å². The number of aliphatic carboxylic acids is 1. The fourth-order valence-corrected chi connectivity index (χ4v) is 1.17. The van der Waals surface area contributed by atoms with Gasteiger partial charge in [0.1, 0.15) is 5.76 Å². The van der Waals surface area contributed by atoms with Gasteiger partial charge in [-0.25, -0.2) is 4.79 Å². The molecule has 0 aliphatic heterocycles. The smallest absolute Gasteiger partial charge is 0.332 e. The summed E-state index contributed by atoms with van der Waals surface area (Å²) in [6, 6.07) is 9.62. The minimum atomic E-state index is -1.01. The molecule has 0 saturated heterocycles.